The van der Waals surface area contributed by atoms with Gasteiger partial charge < -0.3 is 16.1 Å². The highest BCUT2D eigenvalue weighted by atomic mass is 32.3. The lowest BCUT2D eigenvalue weighted by Crippen LogP contribution is -2.22. The minimum Gasteiger partial charge on any atom is -0.544 e. The van der Waals surface area contributed by atoms with Crippen LogP contribution in [0.15, 0.2) is 46.6 Å². The van der Waals surface area contributed by atoms with Crippen molar-refractivity contribution < 1.29 is 9.90 Å². The van der Waals surface area contributed by atoms with Gasteiger partial charge in [-0.2, -0.15) is 0 Å². The van der Waals surface area contributed by atoms with Gasteiger partial charge in [0.1, 0.15) is 0 Å². The highest BCUT2D eigenvalue weighted by molar-refractivity contribution is 8.49. The van der Waals surface area contributed by atoms with E-state index >= 15 is 0 Å². The summed E-state index contributed by atoms with van der Waals surface area (Å²) in [5, 5.41) is 16.8. The fourth-order valence-electron chi connectivity index (χ4n) is 1.49. The Labute approximate surface area is 161 Å². The van der Waals surface area contributed by atoms with Crippen LogP contribution in [0, 0.1) is 0 Å². The molecule has 0 bridgehead atoms. The van der Waals surface area contributed by atoms with Crippen LogP contribution in [0.4, 0.5) is 0 Å². The van der Waals surface area contributed by atoms with Crippen LogP contribution in [0.25, 0.3) is 0 Å². The van der Waals surface area contributed by atoms with Crippen molar-refractivity contribution >= 4 is 100 Å². The molecule has 0 aromatic rings. The normalized spacial score (nSPS) is 23.4. The third-order valence-corrected chi connectivity index (χ3v) is 13.5. The van der Waals surface area contributed by atoms with E-state index in [9.17, 15) is 9.90 Å². The maximum absolute atomic E-state index is 10.9. The van der Waals surface area contributed by atoms with Crippen LogP contribution < -0.4 is 11.3 Å². The van der Waals surface area contributed by atoms with Crippen LogP contribution in [-0.4, -0.2) is 5.97 Å². The Morgan fingerprint density at radius 3 is 1.73 bits per heavy atom. The Kier molecular flexibility index (Phi) is 6.00. The van der Waals surface area contributed by atoms with Gasteiger partial charge >= 0.3 is 0 Å². The predicted molar refractivity (Wildman–Crippen MR) is 110 cm³/mol. The fraction of sp³-hybridized carbons (Fsp3) is 0. The summed E-state index contributed by atoms with van der Waals surface area (Å²) < 4.78 is 7.62. The molecule has 3 nitrogen and oxygen atoms in total. The van der Waals surface area contributed by atoms with E-state index in [2.05, 4.69) is 10.8 Å². The van der Waals surface area contributed by atoms with Crippen LogP contribution in [0.2, 0.25) is 0 Å². The lowest BCUT2D eigenvalue weighted by Gasteiger charge is -2.07. The summed E-state index contributed by atoms with van der Waals surface area (Å²) in [5.74, 6) is -1.09. The molecular weight excluding hydrogens is 435 g/mol. The molecule has 0 fully saturated rings. The number of hydrogen-bond donors (Lipinski definition) is 1. The first-order valence-electron chi connectivity index (χ1n) is 5.39. The number of hydrogen-bond acceptors (Lipinski definition) is 10. The third-order valence-electron chi connectivity index (χ3n) is 2.32. The maximum Gasteiger partial charge on any atom is 0.0788 e. The second-order valence-electron chi connectivity index (χ2n) is 3.63. The van der Waals surface area contributed by atoms with Gasteiger partial charge in [-0.1, -0.05) is 94.1 Å². The van der Waals surface area contributed by atoms with E-state index in [1.54, 1.807) is 52.5 Å². The molecule has 22 heavy (non-hydrogen) atoms. The van der Waals surface area contributed by atoms with Crippen molar-refractivity contribution in [3.8, 4) is 0 Å². The molecule has 0 amide bonds. The maximum atomic E-state index is 10.9. The molecule has 4 N–H and O–H groups in total. The molecule has 0 aromatic heterocycles. The van der Waals surface area contributed by atoms with Gasteiger partial charge in [0, 0.05) is 4.91 Å². The Morgan fingerprint density at radius 2 is 1.23 bits per heavy atom. The number of rotatable bonds is 1. The van der Waals surface area contributed by atoms with Crippen LogP contribution in [0.5, 0.6) is 0 Å². The van der Waals surface area contributed by atoms with Crippen LogP contribution >= 0.6 is 94.1 Å². The average Bonchev–Trinajstić information content (AvgIpc) is 3.21. The monoisotopic (exact) mass is 441 g/mol. The highest BCUT2D eigenvalue weighted by Gasteiger charge is 2.34. The molecule has 4 rings (SSSR count). The summed E-state index contributed by atoms with van der Waals surface area (Å²) in [6.45, 7) is 0. The topological polar surface area (TPSA) is 76.6 Å². The molecular formula is C11H7NO2S8. The Bertz CT molecular complexity index is 673. The number of carboxylic acid groups (broad SMARTS) is 1. The standard InChI is InChI=1S/C11H4O2S8.H3N/c12-5(13)4-3-16-7(17-4)9-20-10-11(21-9)19-8(18-10)6-14-1-2-15-6;/h1-3H,(H,12,13);1H3. The quantitative estimate of drug-likeness (QED) is 0.545. The largest absolute Gasteiger partial charge is 0.544 e. The van der Waals surface area contributed by atoms with Crippen molar-refractivity contribution in [3.05, 3.63) is 46.6 Å². The highest BCUT2D eigenvalue weighted by Crippen LogP contribution is 2.70. The van der Waals surface area contributed by atoms with Gasteiger partial charge in [-0.15, -0.1) is 0 Å². The van der Waals surface area contributed by atoms with Gasteiger partial charge in [-0.05, 0) is 16.2 Å². The second-order valence-corrected chi connectivity index (χ2v) is 13.0. The van der Waals surface area contributed by atoms with E-state index in [4.69, 9.17) is 0 Å². The number of carbonyl (C=O) groups is 1. The van der Waals surface area contributed by atoms with Crippen LogP contribution in [0.1, 0.15) is 0 Å². The van der Waals surface area contributed by atoms with E-state index < -0.39 is 5.97 Å². The molecule has 0 spiro atoms. The number of carbonyl (C=O) groups excluding carboxylic acids is 1. The zero-order valence-corrected chi connectivity index (χ0v) is 17.3. The van der Waals surface area contributed by atoms with Gasteiger partial charge in [-0.3, -0.25) is 0 Å². The Balaban J connectivity index is 0.00000144. The van der Waals surface area contributed by atoms with Crippen molar-refractivity contribution in [2.45, 2.75) is 0 Å². The van der Waals surface area contributed by atoms with Crippen molar-refractivity contribution in [3.63, 3.8) is 0 Å². The molecule has 4 aliphatic rings. The average molecular weight is 442 g/mol. The molecule has 4 heterocycles. The minimum atomic E-state index is -1.09. The van der Waals surface area contributed by atoms with Crippen molar-refractivity contribution in [2.75, 3.05) is 0 Å². The number of aliphatic carboxylic acids is 1. The smallest absolute Gasteiger partial charge is 0.0788 e. The molecule has 0 unspecified atom stereocenters. The minimum absolute atomic E-state index is 0. The number of quaternary nitrogens is 1. The summed E-state index contributed by atoms with van der Waals surface area (Å²) in [5.41, 5.74) is 0. The van der Waals surface area contributed by atoms with Gasteiger partial charge in [0.2, 0.25) is 0 Å². The van der Waals surface area contributed by atoms with Gasteiger partial charge in [0.25, 0.3) is 0 Å². The molecule has 0 saturated carbocycles. The SMILES string of the molecule is O=C([O-])C1=CSC(=C2SC3=C(SC(=C4SC=CS4)S3)S2)S1.[NH4+]. The number of carboxylic acids is 1. The van der Waals surface area contributed by atoms with Crippen molar-refractivity contribution in [1.29, 1.82) is 0 Å². The van der Waals surface area contributed by atoms with E-state index in [1.165, 1.54) is 44.7 Å². The van der Waals surface area contributed by atoms with E-state index in [1.807, 2.05) is 23.5 Å². The first kappa shape index (κ1) is 17.7. The van der Waals surface area contributed by atoms with E-state index in [-0.39, 0.29) is 6.15 Å². The summed E-state index contributed by atoms with van der Waals surface area (Å²) >= 11 is 13.5. The first-order chi connectivity index (χ1) is 10.2. The first-order valence-corrected chi connectivity index (χ1v) is 12.1. The molecule has 4 aliphatic heterocycles. The lowest BCUT2D eigenvalue weighted by molar-refractivity contribution is -0.298. The molecule has 0 atom stereocenters. The summed E-state index contributed by atoms with van der Waals surface area (Å²) in [4.78, 5) is 11.2. The van der Waals surface area contributed by atoms with Crippen LogP contribution in [0.3, 0.4) is 0 Å². The molecule has 0 saturated heterocycles. The van der Waals surface area contributed by atoms with Crippen molar-refractivity contribution in [1.82, 2.24) is 6.15 Å². The number of thioether (sulfide) groups is 8. The molecule has 116 valence electrons. The third kappa shape index (κ3) is 3.47. The Morgan fingerprint density at radius 1 is 0.727 bits per heavy atom. The van der Waals surface area contributed by atoms with E-state index in [0.717, 1.165) is 4.24 Å². The molecule has 11 heteroatoms. The molecule has 0 aromatic carbocycles. The molecule has 0 aliphatic carbocycles. The van der Waals surface area contributed by atoms with Gasteiger partial charge in [0.15, 0.2) is 0 Å². The zero-order valence-electron chi connectivity index (χ0n) is 10.8. The van der Waals surface area contributed by atoms with Gasteiger partial charge in [0.05, 0.1) is 31.4 Å². The zero-order chi connectivity index (χ0) is 14.4. The summed E-state index contributed by atoms with van der Waals surface area (Å²) in [6, 6.07) is 0. The van der Waals surface area contributed by atoms with Crippen LogP contribution in [-0.2, 0) is 4.79 Å². The van der Waals surface area contributed by atoms with E-state index in [0.29, 0.717) is 4.91 Å². The Hall–Kier alpha value is 0.930. The van der Waals surface area contributed by atoms with Crippen molar-refractivity contribution in [2.24, 2.45) is 0 Å². The second kappa shape index (κ2) is 7.44. The summed E-state index contributed by atoms with van der Waals surface area (Å²) in [7, 11) is 0. The molecule has 0 radical (unpaired) electrons. The lowest BCUT2D eigenvalue weighted by atomic mass is 10.7. The summed E-state index contributed by atoms with van der Waals surface area (Å²) in [6.07, 6.45) is 0. The fourth-order valence-corrected chi connectivity index (χ4v) is 12.4. The predicted octanol–water partition coefficient (Wildman–Crippen LogP) is 5.72. The van der Waals surface area contributed by atoms with Gasteiger partial charge in [-0.25, -0.2) is 0 Å².